The van der Waals surface area contributed by atoms with Crippen molar-refractivity contribution in [2.75, 3.05) is 63.7 Å². The molecule has 0 radical (unpaired) electrons. The first-order valence-electron chi connectivity index (χ1n) is 11.4. The second kappa shape index (κ2) is 10.1. The maximum absolute atomic E-state index is 13.4. The molecule has 0 spiro atoms. The molecule has 0 aliphatic carbocycles. The Kier molecular flexibility index (Phi) is 7.20. The van der Waals surface area contributed by atoms with Crippen LogP contribution in [0.4, 0.5) is 11.4 Å². The largest absolute Gasteiger partial charge is 0.378 e. The van der Waals surface area contributed by atoms with E-state index in [4.69, 9.17) is 4.74 Å². The number of carbonyl (C=O) groups is 2. The molecular weight excluding hydrogens is 456 g/mol. The molecule has 1 N–H and O–H groups in total. The number of carbonyl (C=O) groups excluding carboxylic acids is 2. The van der Waals surface area contributed by atoms with Gasteiger partial charge in [-0.3, -0.25) is 9.59 Å². The van der Waals surface area contributed by atoms with Crippen molar-refractivity contribution in [1.82, 2.24) is 9.21 Å². The van der Waals surface area contributed by atoms with Gasteiger partial charge in [-0.2, -0.15) is 0 Å². The van der Waals surface area contributed by atoms with E-state index < -0.39 is 15.9 Å². The molecule has 0 saturated carbocycles. The van der Waals surface area contributed by atoms with E-state index in [1.807, 2.05) is 9.80 Å². The minimum absolute atomic E-state index is 0.0395. The van der Waals surface area contributed by atoms with E-state index in [0.717, 1.165) is 30.2 Å². The first kappa shape index (κ1) is 24.2. The van der Waals surface area contributed by atoms with Crippen LogP contribution in [0, 0.1) is 0 Å². The van der Waals surface area contributed by atoms with Crippen LogP contribution in [-0.4, -0.2) is 82.9 Å². The van der Waals surface area contributed by atoms with Crippen molar-refractivity contribution in [2.45, 2.75) is 17.7 Å². The summed E-state index contributed by atoms with van der Waals surface area (Å²) in [4.78, 5) is 30.0. The summed E-state index contributed by atoms with van der Waals surface area (Å²) < 4.78 is 32.0. The van der Waals surface area contributed by atoms with Crippen LogP contribution in [0.2, 0.25) is 0 Å². The van der Waals surface area contributed by atoms with Crippen LogP contribution in [0.1, 0.15) is 33.6 Å². The zero-order valence-electron chi connectivity index (χ0n) is 19.5. The third-order valence-corrected chi connectivity index (χ3v) is 7.91. The molecule has 2 saturated heterocycles. The molecule has 2 aromatic carbocycles. The fourth-order valence-corrected chi connectivity index (χ4v) is 5.11. The summed E-state index contributed by atoms with van der Waals surface area (Å²) in [6, 6.07) is 11.4. The van der Waals surface area contributed by atoms with E-state index in [1.165, 1.54) is 26.2 Å². The lowest BCUT2D eigenvalue weighted by Gasteiger charge is -2.30. The number of morpholine rings is 1. The molecule has 2 aliphatic rings. The molecule has 2 aromatic rings. The van der Waals surface area contributed by atoms with Gasteiger partial charge < -0.3 is 19.9 Å². The number of hydrogen-bond acceptors (Lipinski definition) is 6. The molecule has 0 atom stereocenters. The van der Waals surface area contributed by atoms with Gasteiger partial charge in [-0.25, -0.2) is 12.7 Å². The number of likely N-dealkylation sites (tertiary alicyclic amines) is 1. The summed E-state index contributed by atoms with van der Waals surface area (Å²) in [5.74, 6) is -0.496. The van der Waals surface area contributed by atoms with Crippen LogP contribution < -0.4 is 10.2 Å². The van der Waals surface area contributed by atoms with E-state index >= 15 is 0 Å². The predicted octanol–water partition coefficient (Wildman–Crippen LogP) is 2.26. The molecule has 0 unspecified atom stereocenters. The second-order valence-corrected chi connectivity index (χ2v) is 10.8. The summed E-state index contributed by atoms with van der Waals surface area (Å²) in [7, 11) is -0.816. The Morgan fingerprint density at radius 1 is 0.971 bits per heavy atom. The van der Waals surface area contributed by atoms with Gasteiger partial charge >= 0.3 is 0 Å². The number of nitrogens with zero attached hydrogens (tertiary/aromatic N) is 3. The second-order valence-electron chi connectivity index (χ2n) is 8.60. The third-order valence-electron chi connectivity index (χ3n) is 6.10. The van der Waals surface area contributed by atoms with Crippen LogP contribution in [0.3, 0.4) is 0 Å². The highest BCUT2D eigenvalue weighted by Crippen LogP contribution is 2.27. The quantitative estimate of drug-likeness (QED) is 0.673. The number of hydrogen-bond donors (Lipinski definition) is 1. The normalized spacial score (nSPS) is 16.7. The Balaban J connectivity index is 1.64. The van der Waals surface area contributed by atoms with Gasteiger partial charge in [0.2, 0.25) is 10.0 Å². The van der Waals surface area contributed by atoms with Crippen LogP contribution in [0.15, 0.2) is 47.4 Å². The molecule has 9 nitrogen and oxygen atoms in total. The number of benzene rings is 2. The molecule has 2 aliphatic heterocycles. The Morgan fingerprint density at radius 2 is 1.68 bits per heavy atom. The molecule has 34 heavy (non-hydrogen) atoms. The molecule has 2 amide bonds. The van der Waals surface area contributed by atoms with Crippen LogP contribution in [-0.2, 0) is 14.8 Å². The molecule has 0 aromatic heterocycles. The van der Waals surface area contributed by atoms with Crippen molar-refractivity contribution < 1.29 is 22.7 Å². The Hall–Kier alpha value is -2.95. The average Bonchev–Trinajstić information content (AvgIpc) is 3.39. The van der Waals surface area contributed by atoms with E-state index in [0.29, 0.717) is 43.2 Å². The van der Waals surface area contributed by atoms with E-state index in [2.05, 4.69) is 5.32 Å². The summed E-state index contributed by atoms with van der Waals surface area (Å²) in [5.41, 5.74) is 1.88. The molecule has 2 fully saturated rings. The lowest BCUT2D eigenvalue weighted by Crippen LogP contribution is -2.37. The maximum atomic E-state index is 13.4. The van der Waals surface area contributed by atoms with E-state index in [-0.39, 0.29) is 16.4 Å². The highest BCUT2D eigenvalue weighted by molar-refractivity contribution is 7.89. The number of ether oxygens (including phenoxy) is 1. The highest BCUT2D eigenvalue weighted by Gasteiger charge is 2.25. The summed E-state index contributed by atoms with van der Waals surface area (Å²) in [5, 5.41) is 2.86. The molecule has 10 heteroatoms. The molecule has 182 valence electrons. The van der Waals surface area contributed by atoms with E-state index in [1.54, 1.807) is 30.3 Å². The van der Waals surface area contributed by atoms with Crippen molar-refractivity contribution in [2.24, 2.45) is 0 Å². The maximum Gasteiger partial charge on any atom is 0.257 e. The Bertz CT molecular complexity index is 1170. The monoisotopic (exact) mass is 486 g/mol. The zero-order chi connectivity index (χ0) is 24.3. The summed E-state index contributed by atoms with van der Waals surface area (Å²) in [6.07, 6.45) is 2.00. The van der Waals surface area contributed by atoms with Crippen molar-refractivity contribution in [3.05, 3.63) is 53.6 Å². The third kappa shape index (κ3) is 5.08. The fraction of sp³-hybridized carbons (Fsp3) is 0.417. The molecule has 0 bridgehead atoms. The average molecular weight is 487 g/mol. The molecule has 4 rings (SSSR count). The van der Waals surface area contributed by atoms with E-state index in [9.17, 15) is 18.0 Å². The molecule has 2 heterocycles. The van der Waals surface area contributed by atoms with Gasteiger partial charge in [0.25, 0.3) is 11.8 Å². The lowest BCUT2D eigenvalue weighted by molar-refractivity contribution is 0.0792. The van der Waals surface area contributed by atoms with Gasteiger partial charge in [0.1, 0.15) is 0 Å². The highest BCUT2D eigenvalue weighted by atomic mass is 32.2. The van der Waals surface area contributed by atoms with Gasteiger partial charge in [0, 0.05) is 57.2 Å². The van der Waals surface area contributed by atoms with Crippen molar-refractivity contribution >= 4 is 33.2 Å². The number of nitrogens with one attached hydrogen (secondary N) is 1. The van der Waals surface area contributed by atoms with Gasteiger partial charge in [-0.1, -0.05) is 6.07 Å². The minimum atomic E-state index is -3.72. The Morgan fingerprint density at radius 3 is 2.35 bits per heavy atom. The van der Waals surface area contributed by atoms with Gasteiger partial charge in [-0.05, 0) is 49.2 Å². The zero-order valence-corrected chi connectivity index (χ0v) is 20.3. The SMILES string of the molecule is CN(C)S(=O)(=O)c1ccc(N2CCOCC2)c(C(=O)Nc2cccc(C(=O)N3CCCC3)c2)c1. The number of sulfonamides is 1. The smallest absolute Gasteiger partial charge is 0.257 e. The number of rotatable bonds is 6. The topological polar surface area (TPSA) is 99.3 Å². The van der Waals surface area contributed by atoms with Crippen LogP contribution in [0.25, 0.3) is 0 Å². The van der Waals surface area contributed by atoms with Gasteiger partial charge in [0.15, 0.2) is 0 Å². The van der Waals surface area contributed by atoms with Crippen molar-refractivity contribution in [3.8, 4) is 0 Å². The first-order chi connectivity index (χ1) is 16.3. The minimum Gasteiger partial charge on any atom is -0.378 e. The van der Waals surface area contributed by atoms with Crippen molar-refractivity contribution in [1.29, 1.82) is 0 Å². The lowest BCUT2D eigenvalue weighted by atomic mass is 10.1. The summed E-state index contributed by atoms with van der Waals surface area (Å²) in [6.45, 7) is 3.73. The Labute approximate surface area is 200 Å². The molecular formula is C24H30N4O5S. The van der Waals surface area contributed by atoms with Crippen molar-refractivity contribution in [3.63, 3.8) is 0 Å². The van der Waals surface area contributed by atoms with Crippen LogP contribution in [0.5, 0.6) is 0 Å². The number of amides is 2. The standard InChI is InChI=1S/C24H30N4O5S/c1-26(2)34(31,32)20-8-9-22(27-12-14-33-15-13-27)21(17-20)23(29)25-19-7-5-6-18(16-19)24(30)28-10-3-4-11-28/h5-9,16-17H,3-4,10-15H2,1-2H3,(H,25,29). The first-order valence-corrected chi connectivity index (χ1v) is 12.8. The van der Waals surface area contributed by atoms with Gasteiger partial charge in [0.05, 0.1) is 23.7 Å². The van der Waals surface area contributed by atoms with Crippen LogP contribution >= 0.6 is 0 Å². The fourth-order valence-electron chi connectivity index (χ4n) is 4.18. The number of anilines is 2. The predicted molar refractivity (Wildman–Crippen MR) is 130 cm³/mol. The van der Waals surface area contributed by atoms with Gasteiger partial charge in [-0.15, -0.1) is 0 Å². The summed E-state index contributed by atoms with van der Waals surface area (Å²) >= 11 is 0.